The molecule has 200 valence electrons. The molecule has 1 aliphatic heterocycles. The molecule has 0 unspecified atom stereocenters. The Morgan fingerprint density at radius 2 is 1.84 bits per heavy atom. The van der Waals surface area contributed by atoms with Crippen LogP contribution in [-0.4, -0.2) is 60.3 Å². The lowest BCUT2D eigenvalue weighted by Crippen LogP contribution is -2.71. The highest BCUT2D eigenvalue weighted by Gasteiger charge is 2.64. The zero-order valence-electron chi connectivity index (χ0n) is 22.7. The molecular weight excluding hydrogens is 464 g/mol. The van der Waals surface area contributed by atoms with E-state index in [-0.39, 0.29) is 23.7 Å². The Hall–Kier alpha value is -2.86. The Labute approximate surface area is 221 Å². The fourth-order valence-electron chi connectivity index (χ4n) is 6.82. The highest BCUT2D eigenvalue weighted by Crippen LogP contribution is 2.54. The fourth-order valence-corrected chi connectivity index (χ4v) is 6.82. The van der Waals surface area contributed by atoms with Crippen LogP contribution in [0.15, 0.2) is 54.6 Å². The molecule has 6 heteroatoms. The van der Waals surface area contributed by atoms with E-state index >= 15 is 0 Å². The van der Waals surface area contributed by atoms with E-state index in [0.717, 1.165) is 55.1 Å². The first-order valence-corrected chi connectivity index (χ1v) is 13.8. The third-order valence-corrected chi connectivity index (χ3v) is 8.51. The van der Waals surface area contributed by atoms with Gasteiger partial charge in [-0.1, -0.05) is 48.9 Å². The number of benzene rings is 2. The van der Waals surface area contributed by atoms with Gasteiger partial charge < -0.3 is 19.6 Å². The molecule has 0 bridgehead atoms. The summed E-state index contributed by atoms with van der Waals surface area (Å²) in [6.45, 7) is 3.13. The second-order valence-corrected chi connectivity index (χ2v) is 11.8. The van der Waals surface area contributed by atoms with E-state index in [0.29, 0.717) is 25.8 Å². The second-order valence-electron chi connectivity index (χ2n) is 11.8. The molecule has 2 aromatic carbocycles. The Morgan fingerprint density at radius 3 is 2.57 bits per heavy atom. The number of amides is 1. The van der Waals surface area contributed by atoms with Crippen LogP contribution in [0.1, 0.15) is 69.4 Å². The zero-order valence-corrected chi connectivity index (χ0v) is 22.7. The minimum atomic E-state index is -0.674. The Kier molecular flexibility index (Phi) is 8.27. The van der Waals surface area contributed by atoms with Crippen molar-refractivity contribution in [2.75, 3.05) is 27.2 Å². The van der Waals surface area contributed by atoms with Crippen LogP contribution in [0.25, 0.3) is 0 Å². The number of piperidine rings is 1. The fraction of sp³-hybridized carbons (Fsp3) is 0.548. The summed E-state index contributed by atoms with van der Waals surface area (Å²) in [5.74, 6) is 0.0386. The van der Waals surface area contributed by atoms with E-state index in [2.05, 4.69) is 43.7 Å². The van der Waals surface area contributed by atoms with E-state index in [9.17, 15) is 14.7 Å². The molecule has 6 nitrogen and oxygen atoms in total. The molecule has 2 aliphatic rings. The second kappa shape index (κ2) is 11.3. The van der Waals surface area contributed by atoms with Crippen molar-refractivity contribution in [2.45, 2.75) is 81.8 Å². The number of carbonyl (C=O) groups is 2. The summed E-state index contributed by atoms with van der Waals surface area (Å²) in [6.07, 6.45) is 7.55. The molecule has 2 fully saturated rings. The summed E-state index contributed by atoms with van der Waals surface area (Å²) in [5.41, 5.74) is 1.20. The molecule has 0 aromatic heterocycles. The van der Waals surface area contributed by atoms with Crippen molar-refractivity contribution in [2.24, 2.45) is 0 Å². The van der Waals surface area contributed by atoms with Gasteiger partial charge in [-0.05, 0) is 61.8 Å². The molecule has 1 saturated carbocycles. The third kappa shape index (κ3) is 6.35. The van der Waals surface area contributed by atoms with Crippen LogP contribution < -0.4 is 5.32 Å². The highest BCUT2D eigenvalue weighted by atomic mass is 16.6. The first kappa shape index (κ1) is 27.2. The molecular formula is C31H43N2O4+. The maximum atomic E-state index is 12.9. The molecule has 1 saturated heterocycles. The van der Waals surface area contributed by atoms with Crippen molar-refractivity contribution in [3.05, 3.63) is 65.7 Å². The van der Waals surface area contributed by atoms with E-state index in [4.69, 9.17) is 4.74 Å². The van der Waals surface area contributed by atoms with Crippen molar-refractivity contribution >= 4 is 11.9 Å². The number of likely N-dealkylation sites (N-methyl/N-ethyl adjacent to an activating group) is 1. The van der Waals surface area contributed by atoms with Crippen molar-refractivity contribution in [3.63, 3.8) is 0 Å². The number of phenolic OH excluding ortho intramolecular Hbond substituents is 1. The number of carbonyl (C=O) groups excluding carboxylic acids is 2. The van der Waals surface area contributed by atoms with Gasteiger partial charge in [0.1, 0.15) is 12.3 Å². The van der Waals surface area contributed by atoms with Crippen LogP contribution in [0, 0.1) is 0 Å². The summed E-state index contributed by atoms with van der Waals surface area (Å²) in [6, 6.07) is 17.9. The highest BCUT2D eigenvalue weighted by molar-refractivity contribution is 5.76. The number of aryl methyl sites for hydroxylation is 1. The van der Waals surface area contributed by atoms with Gasteiger partial charge in [-0.3, -0.25) is 9.59 Å². The van der Waals surface area contributed by atoms with Gasteiger partial charge in [-0.15, -0.1) is 0 Å². The van der Waals surface area contributed by atoms with Gasteiger partial charge >= 0.3 is 5.97 Å². The predicted octanol–water partition coefficient (Wildman–Crippen LogP) is 4.88. The third-order valence-electron chi connectivity index (χ3n) is 8.51. The van der Waals surface area contributed by atoms with Crippen LogP contribution >= 0.6 is 0 Å². The zero-order chi connectivity index (χ0) is 26.5. The maximum absolute atomic E-state index is 12.9. The van der Waals surface area contributed by atoms with E-state index in [1.165, 1.54) is 12.5 Å². The summed E-state index contributed by atoms with van der Waals surface area (Å²) >= 11 is 0. The number of likely N-dealkylation sites (tertiary alicyclic amines) is 1. The largest absolute Gasteiger partial charge is 0.508 e. The van der Waals surface area contributed by atoms with Gasteiger partial charge in [0.25, 0.3) is 0 Å². The minimum absolute atomic E-state index is 0.0107. The molecule has 4 rings (SSSR count). The summed E-state index contributed by atoms with van der Waals surface area (Å²) < 4.78 is 7.02. The maximum Gasteiger partial charge on any atom is 0.303 e. The van der Waals surface area contributed by atoms with Crippen LogP contribution in [-0.2, 0) is 26.2 Å². The molecule has 1 aliphatic carbocycles. The summed E-state index contributed by atoms with van der Waals surface area (Å²) in [4.78, 5) is 25.3. The number of unbranched alkanes of at least 4 members (excludes halogenated alkanes) is 2. The lowest BCUT2D eigenvalue weighted by atomic mass is 9.54. The average molecular weight is 508 g/mol. The van der Waals surface area contributed by atoms with Crippen molar-refractivity contribution < 1.29 is 23.9 Å². The summed E-state index contributed by atoms with van der Waals surface area (Å²) in [5, 5.41) is 13.7. The first-order valence-electron chi connectivity index (χ1n) is 13.8. The van der Waals surface area contributed by atoms with Crippen LogP contribution in [0.4, 0.5) is 0 Å². The Morgan fingerprint density at radius 1 is 1.05 bits per heavy atom. The first-order chi connectivity index (χ1) is 17.6. The number of nitrogens with one attached hydrogen (secondary N) is 1. The van der Waals surface area contributed by atoms with E-state index < -0.39 is 11.0 Å². The lowest BCUT2D eigenvalue weighted by Gasteiger charge is -2.60. The van der Waals surface area contributed by atoms with E-state index in [1.54, 1.807) is 6.07 Å². The molecule has 2 N–H and O–H groups in total. The average Bonchev–Trinajstić information content (AvgIpc) is 2.84. The number of nitrogens with zero attached hydrogens (tertiary/aromatic N) is 1. The van der Waals surface area contributed by atoms with Crippen LogP contribution in [0.5, 0.6) is 5.75 Å². The minimum Gasteiger partial charge on any atom is -0.508 e. The number of fused-ring (bicyclic) bond motifs is 1. The van der Waals surface area contributed by atoms with Crippen molar-refractivity contribution in [3.8, 4) is 5.75 Å². The van der Waals surface area contributed by atoms with Gasteiger partial charge in [0.15, 0.2) is 5.60 Å². The number of ether oxygens (including phenoxy) is 1. The Balaban J connectivity index is 1.44. The molecule has 37 heavy (non-hydrogen) atoms. The van der Waals surface area contributed by atoms with Gasteiger partial charge in [0.2, 0.25) is 5.91 Å². The molecule has 0 spiro atoms. The molecule has 0 radical (unpaired) electrons. The SMILES string of the molecule is CC(=O)O[C@]12CC[C@H](NC(=O)CCCCCc3ccccc3)C[C@]1(c1cccc(O)c1)CC[N+](C)(C)C2. The summed E-state index contributed by atoms with van der Waals surface area (Å²) in [7, 11) is 4.37. The van der Waals surface area contributed by atoms with Crippen molar-refractivity contribution in [1.82, 2.24) is 5.32 Å². The van der Waals surface area contributed by atoms with E-state index in [1.807, 2.05) is 24.3 Å². The monoisotopic (exact) mass is 507 g/mol. The van der Waals surface area contributed by atoms with Crippen LogP contribution in [0.2, 0.25) is 0 Å². The van der Waals surface area contributed by atoms with Crippen LogP contribution in [0.3, 0.4) is 0 Å². The lowest BCUT2D eigenvalue weighted by molar-refractivity contribution is -0.904. The number of esters is 1. The number of hydrogen-bond acceptors (Lipinski definition) is 4. The molecule has 1 amide bonds. The number of phenols is 1. The van der Waals surface area contributed by atoms with Gasteiger partial charge in [0, 0.05) is 31.2 Å². The van der Waals surface area contributed by atoms with Crippen molar-refractivity contribution in [1.29, 1.82) is 0 Å². The number of aromatic hydroxyl groups is 1. The van der Waals surface area contributed by atoms with Gasteiger partial charge in [-0.2, -0.15) is 0 Å². The normalized spacial score (nSPS) is 26.6. The topological polar surface area (TPSA) is 75.6 Å². The number of rotatable bonds is 9. The standard InChI is InChI=1S/C31H42N2O4/c1-24(34)37-31-18-17-27(32-29(36)16-9-5-8-13-25-11-6-4-7-12-25)22-30(31,19-20-33(2,3)23-31)26-14-10-15-28(35)21-26/h4,6-7,10-12,14-15,21,27H,5,8-9,13,16-20,22-23H2,1-3H3,(H-,32,35,36)/p+1/t27-,30-,31-/m0/s1. The van der Waals surface area contributed by atoms with Gasteiger partial charge in [-0.25, -0.2) is 0 Å². The quantitative estimate of drug-likeness (QED) is 0.288. The van der Waals surface area contributed by atoms with Gasteiger partial charge in [0.05, 0.1) is 20.6 Å². The molecule has 3 atom stereocenters. The molecule has 2 aromatic rings. The number of quaternary nitrogens is 1. The number of hydrogen-bond donors (Lipinski definition) is 2. The Bertz CT molecular complexity index is 1090. The molecule has 1 heterocycles. The predicted molar refractivity (Wildman–Crippen MR) is 145 cm³/mol. The smallest absolute Gasteiger partial charge is 0.303 e.